The zero-order valence-electron chi connectivity index (χ0n) is 27.5. The molecule has 2 aromatic heterocycles. The molecule has 0 N–H and O–H groups in total. The second-order valence-electron chi connectivity index (χ2n) is 13.3. The molecule has 0 spiro atoms. The van der Waals surface area contributed by atoms with Gasteiger partial charge in [0.25, 0.3) is 0 Å². The molecule has 3 aliphatic carbocycles. The van der Waals surface area contributed by atoms with E-state index in [0.29, 0.717) is 11.5 Å². The summed E-state index contributed by atoms with van der Waals surface area (Å²) in [5, 5.41) is 2.26. The molecule has 0 fully saturated rings. The number of hydrogen-bond donors (Lipinski definition) is 0. The Hall–Kier alpha value is -5.64. The summed E-state index contributed by atoms with van der Waals surface area (Å²) in [5.74, 6) is 2.42. The second kappa shape index (κ2) is 11.4. The number of pyridine rings is 1. The van der Waals surface area contributed by atoms with Crippen LogP contribution in [0.2, 0.25) is 0 Å². The summed E-state index contributed by atoms with van der Waals surface area (Å²) < 4.78 is 8.74. The Kier molecular flexibility index (Phi) is 6.78. The van der Waals surface area contributed by atoms with Crippen molar-refractivity contribution in [2.45, 2.75) is 11.8 Å². The first-order chi connectivity index (χ1) is 24.7. The molecule has 2 bridgehead atoms. The minimum absolute atomic E-state index is 0. The molecule has 0 unspecified atom stereocenters. The van der Waals surface area contributed by atoms with Crippen molar-refractivity contribution in [3.05, 3.63) is 192 Å². The van der Waals surface area contributed by atoms with Gasteiger partial charge in [-0.1, -0.05) is 90.4 Å². The standard InChI is InChI=1S/C45H29N4O.Pt/c1-47-27-48(40-20-9-8-19-39(40)47)28-11-10-12-29(25-28)50-30-21-22-32-31-13-6-7-18-38(31)49(41(32)26-30)42-24-23-37-43-33-14-2-4-16-35(33)44(45(37)46-42)36-17-5-3-15-34(36)43;/h2-24,27,43-44H,1H3;/q-3;. The fourth-order valence-electron chi connectivity index (χ4n) is 8.49. The molecule has 248 valence electrons. The van der Waals surface area contributed by atoms with Gasteiger partial charge in [-0.05, 0) is 64.5 Å². The number of para-hydroxylation sites is 3. The second-order valence-corrected chi connectivity index (χ2v) is 13.3. The van der Waals surface area contributed by atoms with E-state index >= 15 is 0 Å². The summed E-state index contributed by atoms with van der Waals surface area (Å²) >= 11 is 0. The normalized spacial score (nSPS) is 16.4. The van der Waals surface area contributed by atoms with Crippen LogP contribution in [0.1, 0.15) is 45.3 Å². The molecule has 0 atom stereocenters. The van der Waals surface area contributed by atoms with Crippen LogP contribution in [-0.2, 0) is 21.1 Å². The van der Waals surface area contributed by atoms with Gasteiger partial charge in [-0.25, -0.2) is 4.98 Å². The molecule has 12 rings (SSSR count). The quantitative estimate of drug-likeness (QED) is 0.165. The number of nitrogens with zero attached hydrogens (tertiary/aromatic N) is 4. The molecule has 6 heteroatoms. The number of benzene rings is 6. The Morgan fingerprint density at radius 2 is 1.25 bits per heavy atom. The van der Waals surface area contributed by atoms with Crippen molar-refractivity contribution in [1.82, 2.24) is 9.55 Å². The number of hydrogen-bond acceptors (Lipinski definition) is 4. The van der Waals surface area contributed by atoms with Gasteiger partial charge in [0.1, 0.15) is 5.82 Å². The fraction of sp³-hybridized carbons (Fsp3) is 0.0667. The van der Waals surface area contributed by atoms with Crippen LogP contribution < -0.4 is 14.5 Å². The Labute approximate surface area is 310 Å². The van der Waals surface area contributed by atoms with E-state index in [1.54, 1.807) is 0 Å². The maximum absolute atomic E-state index is 6.50. The summed E-state index contributed by atoms with van der Waals surface area (Å²) in [7, 11) is 2.06. The largest absolute Gasteiger partial charge is 0.509 e. The number of aromatic nitrogens is 2. The monoisotopic (exact) mass is 836 g/mol. The van der Waals surface area contributed by atoms with Crippen LogP contribution in [0.4, 0.5) is 17.1 Å². The van der Waals surface area contributed by atoms with Gasteiger partial charge < -0.3 is 19.1 Å². The minimum Gasteiger partial charge on any atom is -0.509 e. The van der Waals surface area contributed by atoms with Crippen molar-refractivity contribution in [3.63, 3.8) is 0 Å². The summed E-state index contributed by atoms with van der Waals surface area (Å²) in [4.78, 5) is 9.77. The number of anilines is 3. The van der Waals surface area contributed by atoms with Crippen molar-refractivity contribution >= 4 is 38.9 Å². The minimum atomic E-state index is 0. The number of rotatable bonds is 4. The Bertz CT molecular complexity index is 2630. The average molecular weight is 837 g/mol. The molecular weight excluding hydrogens is 808 g/mol. The topological polar surface area (TPSA) is 33.5 Å². The molecule has 6 aromatic carbocycles. The van der Waals surface area contributed by atoms with Gasteiger partial charge in [0, 0.05) is 55.4 Å². The Balaban J connectivity index is 0.00000327. The van der Waals surface area contributed by atoms with Crippen molar-refractivity contribution in [1.29, 1.82) is 0 Å². The van der Waals surface area contributed by atoms with E-state index in [4.69, 9.17) is 9.72 Å². The van der Waals surface area contributed by atoms with E-state index in [-0.39, 0.29) is 32.9 Å². The van der Waals surface area contributed by atoms with Crippen LogP contribution in [0.3, 0.4) is 0 Å². The summed E-state index contributed by atoms with van der Waals surface area (Å²) in [6.45, 7) is 2.07. The molecule has 4 aliphatic rings. The summed E-state index contributed by atoms with van der Waals surface area (Å²) in [6, 6.07) is 56.4. The van der Waals surface area contributed by atoms with E-state index in [9.17, 15) is 0 Å². The van der Waals surface area contributed by atoms with Crippen LogP contribution in [0.5, 0.6) is 11.5 Å². The molecule has 8 aromatic rings. The molecular formula is C45H29N4OPt-3. The SMILES string of the molecule is CN1[CH-]N(c2[c-]c(Oc3[c-]c4c(cc3)c3ccccc3n4-c3ccc4c(n3)C3c5ccccc5C4c4ccccc43)ccc2)c2ccccc21.[Pt]. The maximum atomic E-state index is 6.50. The first-order valence-corrected chi connectivity index (χ1v) is 17.0. The van der Waals surface area contributed by atoms with Gasteiger partial charge in [0.05, 0.1) is 11.6 Å². The van der Waals surface area contributed by atoms with Crippen LogP contribution in [0.25, 0.3) is 27.6 Å². The van der Waals surface area contributed by atoms with Crippen molar-refractivity contribution in [2.75, 3.05) is 16.8 Å². The first-order valence-electron chi connectivity index (χ1n) is 17.0. The predicted octanol–water partition coefficient (Wildman–Crippen LogP) is 10.3. The molecule has 51 heavy (non-hydrogen) atoms. The van der Waals surface area contributed by atoms with Gasteiger partial charge in [-0.15, -0.1) is 41.4 Å². The van der Waals surface area contributed by atoms with Gasteiger partial charge in [-0.2, -0.15) is 18.8 Å². The Morgan fingerprint density at radius 1 is 0.588 bits per heavy atom. The maximum Gasteiger partial charge on any atom is 0.135 e. The van der Waals surface area contributed by atoms with Crippen LogP contribution in [0.15, 0.2) is 140 Å². The smallest absolute Gasteiger partial charge is 0.135 e. The third kappa shape index (κ3) is 4.41. The zero-order chi connectivity index (χ0) is 32.9. The van der Waals surface area contributed by atoms with E-state index in [1.165, 1.54) is 27.8 Å². The van der Waals surface area contributed by atoms with E-state index in [0.717, 1.165) is 50.4 Å². The van der Waals surface area contributed by atoms with Gasteiger partial charge in [0.15, 0.2) is 0 Å². The molecule has 0 amide bonds. The summed E-state index contributed by atoms with van der Waals surface area (Å²) in [5.41, 5.74) is 13.1. The molecule has 0 saturated carbocycles. The van der Waals surface area contributed by atoms with Crippen LogP contribution in [-0.4, -0.2) is 16.6 Å². The van der Waals surface area contributed by atoms with Crippen LogP contribution >= 0.6 is 0 Å². The average Bonchev–Trinajstić information content (AvgIpc) is 3.68. The first kappa shape index (κ1) is 30.2. The Morgan fingerprint density at radius 3 is 2.04 bits per heavy atom. The molecule has 0 radical (unpaired) electrons. The molecule has 3 heterocycles. The van der Waals surface area contributed by atoms with E-state index < -0.39 is 0 Å². The van der Waals surface area contributed by atoms with Gasteiger partial charge >= 0.3 is 0 Å². The molecule has 5 nitrogen and oxygen atoms in total. The fourth-order valence-corrected chi connectivity index (χ4v) is 8.49. The van der Waals surface area contributed by atoms with Crippen LogP contribution in [0, 0.1) is 18.8 Å². The predicted molar refractivity (Wildman–Crippen MR) is 199 cm³/mol. The van der Waals surface area contributed by atoms with Gasteiger partial charge in [0.2, 0.25) is 0 Å². The number of fused-ring (bicyclic) bond motifs is 4. The summed E-state index contributed by atoms with van der Waals surface area (Å²) in [6.07, 6.45) is 0. The number of ether oxygens (including phenoxy) is 1. The van der Waals surface area contributed by atoms with E-state index in [1.807, 2.05) is 18.2 Å². The third-order valence-corrected chi connectivity index (χ3v) is 10.6. The van der Waals surface area contributed by atoms with Crippen molar-refractivity contribution in [3.8, 4) is 17.3 Å². The molecule has 1 aliphatic heterocycles. The van der Waals surface area contributed by atoms with Gasteiger partial charge in [-0.3, -0.25) is 0 Å². The van der Waals surface area contributed by atoms with E-state index in [2.05, 4.69) is 162 Å². The van der Waals surface area contributed by atoms with Crippen molar-refractivity contribution < 1.29 is 25.8 Å². The zero-order valence-corrected chi connectivity index (χ0v) is 29.8. The van der Waals surface area contributed by atoms with Crippen molar-refractivity contribution in [2.24, 2.45) is 0 Å². The third-order valence-electron chi connectivity index (χ3n) is 10.6. The molecule has 0 saturated heterocycles.